The lowest BCUT2D eigenvalue weighted by Gasteiger charge is -2.35. The molecule has 1 fully saturated rings. The van der Waals surface area contributed by atoms with E-state index in [4.69, 9.17) is 9.97 Å². The monoisotopic (exact) mass is 481 g/mol. The van der Waals surface area contributed by atoms with E-state index in [0.717, 1.165) is 76.6 Å². The van der Waals surface area contributed by atoms with Gasteiger partial charge in [-0.2, -0.15) is 15.1 Å². The number of H-pyrrole nitrogens is 2. The largest absolute Gasteiger partial charge is 0.368 e. The first kappa shape index (κ1) is 21.9. The highest BCUT2D eigenvalue weighted by atomic mass is 16.2. The van der Waals surface area contributed by atoms with E-state index >= 15 is 0 Å². The number of nitrogens with zero attached hydrogens (tertiary/aromatic N) is 5. The Bertz CT molecular complexity index is 1550. The fraction of sp³-hybridized carbons (Fsp3) is 0.231. The average Bonchev–Trinajstić information content (AvgIpc) is 3.51. The van der Waals surface area contributed by atoms with Crippen LogP contribution in [0.15, 0.2) is 54.9 Å². The van der Waals surface area contributed by atoms with E-state index in [1.807, 2.05) is 48.4 Å². The molecule has 36 heavy (non-hydrogen) atoms. The Balaban J connectivity index is 1.23. The minimum absolute atomic E-state index is 0.138. The van der Waals surface area contributed by atoms with Crippen LogP contribution in [0.3, 0.4) is 0 Å². The number of carbonyl (C=O) groups excluding carboxylic acids is 1. The van der Waals surface area contributed by atoms with Crippen molar-refractivity contribution in [2.75, 3.05) is 41.7 Å². The number of aromatic amines is 2. The molecule has 1 aliphatic rings. The van der Waals surface area contributed by atoms with E-state index in [1.54, 1.807) is 13.1 Å². The highest BCUT2D eigenvalue weighted by molar-refractivity contribution is 5.94. The number of aromatic nitrogens is 5. The summed E-state index contributed by atoms with van der Waals surface area (Å²) in [5.41, 5.74) is 5.72. The van der Waals surface area contributed by atoms with Gasteiger partial charge in [-0.25, -0.2) is 0 Å². The van der Waals surface area contributed by atoms with E-state index in [-0.39, 0.29) is 5.91 Å². The van der Waals surface area contributed by atoms with E-state index in [1.165, 1.54) is 0 Å². The second kappa shape index (κ2) is 8.88. The summed E-state index contributed by atoms with van der Waals surface area (Å²) in [5, 5.41) is 15.9. The maximum Gasteiger partial charge on any atom is 0.231 e. The van der Waals surface area contributed by atoms with E-state index in [9.17, 15) is 4.79 Å². The highest BCUT2D eigenvalue weighted by Gasteiger charge is 2.19. The number of carbonyl (C=O) groups is 1. The predicted octanol–water partition coefficient (Wildman–Crippen LogP) is 4.30. The molecule has 0 unspecified atom stereocenters. The molecule has 0 atom stereocenters. The van der Waals surface area contributed by atoms with Gasteiger partial charge in [-0.1, -0.05) is 0 Å². The quantitative estimate of drug-likeness (QED) is 0.296. The van der Waals surface area contributed by atoms with Gasteiger partial charge >= 0.3 is 0 Å². The summed E-state index contributed by atoms with van der Waals surface area (Å²) in [6.07, 6.45) is 3.74. The molecular formula is C26H27N9O. The Kier molecular flexibility index (Phi) is 5.40. The zero-order valence-electron chi connectivity index (χ0n) is 20.2. The lowest BCUT2D eigenvalue weighted by atomic mass is 10.2. The Labute approximate surface area is 207 Å². The maximum absolute atomic E-state index is 11.6. The van der Waals surface area contributed by atoms with Gasteiger partial charge in [0.25, 0.3) is 0 Å². The molecule has 3 aromatic heterocycles. The maximum atomic E-state index is 11.6. The summed E-state index contributed by atoms with van der Waals surface area (Å²) in [7, 11) is 0. The lowest BCUT2D eigenvalue weighted by Crippen LogP contribution is -2.48. The average molecular weight is 482 g/mol. The summed E-state index contributed by atoms with van der Waals surface area (Å²) in [6, 6.07) is 14.3. The molecule has 4 N–H and O–H groups in total. The third-order valence-corrected chi connectivity index (χ3v) is 6.65. The highest BCUT2D eigenvalue weighted by Crippen LogP contribution is 2.30. The number of rotatable bonds is 5. The molecule has 0 aliphatic carbocycles. The number of hydrogen-bond acceptors (Lipinski definition) is 7. The van der Waals surface area contributed by atoms with Gasteiger partial charge in [0.2, 0.25) is 11.9 Å². The number of anilines is 5. The van der Waals surface area contributed by atoms with Gasteiger partial charge in [-0.05, 0) is 55.0 Å². The fourth-order valence-corrected chi connectivity index (χ4v) is 4.65. The third kappa shape index (κ3) is 4.17. The zero-order chi connectivity index (χ0) is 24.6. The van der Waals surface area contributed by atoms with Crippen LogP contribution in [0, 0.1) is 6.92 Å². The molecule has 1 amide bonds. The van der Waals surface area contributed by atoms with E-state index in [0.29, 0.717) is 5.95 Å². The van der Waals surface area contributed by atoms with Crippen LogP contribution in [0.4, 0.5) is 28.8 Å². The molecular weight excluding hydrogens is 454 g/mol. The Morgan fingerprint density at radius 2 is 1.75 bits per heavy atom. The molecule has 0 bridgehead atoms. The number of aryl methyl sites for hydroxylation is 1. The van der Waals surface area contributed by atoms with Crippen molar-refractivity contribution < 1.29 is 4.79 Å². The van der Waals surface area contributed by atoms with E-state index in [2.05, 4.69) is 42.8 Å². The first-order chi connectivity index (χ1) is 17.5. The molecule has 1 aliphatic heterocycles. The smallest absolute Gasteiger partial charge is 0.231 e. The van der Waals surface area contributed by atoms with Crippen LogP contribution in [0.25, 0.3) is 21.9 Å². The van der Waals surface area contributed by atoms with Crippen molar-refractivity contribution in [1.82, 2.24) is 30.0 Å². The van der Waals surface area contributed by atoms with Crippen LogP contribution < -0.4 is 15.5 Å². The topological polar surface area (TPSA) is 118 Å². The standard InChI is InChI=1S/C26H27N9O/c1-16-14-27-24-23(16)25(29-20-4-3-18-15-28-33-22(18)13-20)32-26(31-24)30-19-5-7-21(8-6-19)35-11-9-34(10-12-35)17(2)36/h3-8,13-15H,9-12H2,1-2H3,(H,28,33)(H3,27,29,30,31,32). The van der Waals surface area contributed by atoms with Crippen LogP contribution in [0.1, 0.15) is 12.5 Å². The Morgan fingerprint density at radius 3 is 2.53 bits per heavy atom. The summed E-state index contributed by atoms with van der Waals surface area (Å²) in [6.45, 7) is 6.83. The van der Waals surface area contributed by atoms with Gasteiger partial charge in [0.15, 0.2) is 0 Å². The first-order valence-electron chi connectivity index (χ1n) is 12.0. The first-order valence-corrected chi connectivity index (χ1v) is 12.0. The minimum Gasteiger partial charge on any atom is -0.368 e. The molecule has 0 saturated carbocycles. The third-order valence-electron chi connectivity index (χ3n) is 6.65. The molecule has 10 nitrogen and oxygen atoms in total. The number of benzene rings is 2. The molecule has 0 radical (unpaired) electrons. The van der Waals surface area contributed by atoms with Crippen molar-refractivity contribution in [3.8, 4) is 0 Å². The van der Waals surface area contributed by atoms with E-state index < -0.39 is 0 Å². The van der Waals surface area contributed by atoms with Crippen LogP contribution >= 0.6 is 0 Å². The Hall–Kier alpha value is -4.60. The van der Waals surface area contributed by atoms with Gasteiger partial charge < -0.3 is 25.4 Å². The minimum atomic E-state index is 0.138. The fourth-order valence-electron chi connectivity index (χ4n) is 4.65. The van der Waals surface area contributed by atoms with Crippen molar-refractivity contribution in [2.24, 2.45) is 0 Å². The summed E-state index contributed by atoms with van der Waals surface area (Å²) >= 11 is 0. The molecule has 4 heterocycles. The molecule has 2 aromatic carbocycles. The second-order valence-corrected chi connectivity index (χ2v) is 9.05. The van der Waals surface area contributed by atoms with Gasteiger partial charge in [0, 0.05) is 61.7 Å². The molecule has 1 saturated heterocycles. The number of fused-ring (bicyclic) bond motifs is 2. The number of amides is 1. The number of nitrogens with one attached hydrogen (secondary N) is 4. The molecule has 10 heteroatoms. The number of piperazine rings is 1. The van der Waals surface area contributed by atoms with Crippen molar-refractivity contribution in [1.29, 1.82) is 0 Å². The van der Waals surface area contributed by atoms with Crippen molar-refractivity contribution >= 4 is 56.7 Å². The van der Waals surface area contributed by atoms with Crippen LogP contribution in [0.5, 0.6) is 0 Å². The predicted molar refractivity (Wildman–Crippen MR) is 142 cm³/mol. The van der Waals surface area contributed by atoms with Gasteiger partial charge in [0.05, 0.1) is 17.1 Å². The summed E-state index contributed by atoms with van der Waals surface area (Å²) in [4.78, 5) is 28.5. The molecule has 0 spiro atoms. The van der Waals surface area contributed by atoms with Crippen molar-refractivity contribution in [3.05, 3.63) is 60.4 Å². The van der Waals surface area contributed by atoms with Crippen LogP contribution in [-0.4, -0.2) is 62.1 Å². The van der Waals surface area contributed by atoms with Crippen molar-refractivity contribution in [2.45, 2.75) is 13.8 Å². The van der Waals surface area contributed by atoms with Gasteiger partial charge in [-0.3, -0.25) is 9.89 Å². The SMILES string of the molecule is CC(=O)N1CCN(c2ccc(Nc3nc(Nc4ccc5cn[nH]c5c4)c4c(C)c[nH]c4n3)cc2)CC1. The van der Waals surface area contributed by atoms with Crippen LogP contribution in [-0.2, 0) is 4.79 Å². The normalized spacial score (nSPS) is 13.9. The molecule has 5 aromatic rings. The van der Waals surface area contributed by atoms with Crippen molar-refractivity contribution in [3.63, 3.8) is 0 Å². The zero-order valence-corrected chi connectivity index (χ0v) is 20.2. The summed E-state index contributed by atoms with van der Waals surface area (Å²) < 4.78 is 0. The Morgan fingerprint density at radius 1 is 0.972 bits per heavy atom. The lowest BCUT2D eigenvalue weighted by molar-refractivity contribution is -0.129. The van der Waals surface area contributed by atoms with Gasteiger partial charge in [0.1, 0.15) is 11.5 Å². The summed E-state index contributed by atoms with van der Waals surface area (Å²) in [5.74, 6) is 1.36. The van der Waals surface area contributed by atoms with Gasteiger partial charge in [-0.15, -0.1) is 0 Å². The van der Waals surface area contributed by atoms with Crippen LogP contribution in [0.2, 0.25) is 0 Å². The number of hydrogen-bond donors (Lipinski definition) is 4. The second-order valence-electron chi connectivity index (χ2n) is 9.05. The molecule has 182 valence electrons. The molecule has 6 rings (SSSR count).